The first-order chi connectivity index (χ1) is 7.91. The maximum atomic E-state index is 13.3. The number of aromatic nitrogens is 2. The molecule has 17 heavy (non-hydrogen) atoms. The molecule has 0 aliphatic rings. The summed E-state index contributed by atoms with van der Waals surface area (Å²) in [6.07, 6.45) is -3.90. The van der Waals surface area contributed by atoms with Crippen LogP contribution in [0, 0.1) is 11.6 Å². The van der Waals surface area contributed by atoms with Crippen molar-refractivity contribution in [3.63, 3.8) is 0 Å². The van der Waals surface area contributed by atoms with Gasteiger partial charge in [-0.25, -0.2) is 13.5 Å². The van der Waals surface area contributed by atoms with Crippen molar-refractivity contribution in [1.82, 2.24) is 9.78 Å². The summed E-state index contributed by atoms with van der Waals surface area (Å²) in [6.45, 7) is 0. The van der Waals surface area contributed by atoms with Crippen molar-refractivity contribution in [2.75, 3.05) is 0 Å². The normalized spacial score (nSPS) is 11.8. The predicted octanol–water partition coefficient (Wildman–Crippen LogP) is 3.17. The van der Waals surface area contributed by atoms with Crippen LogP contribution in [0.1, 0.15) is 5.69 Å². The highest BCUT2D eigenvalue weighted by Gasteiger charge is 2.36. The second-order valence-corrected chi connectivity index (χ2v) is 3.20. The van der Waals surface area contributed by atoms with Crippen LogP contribution in [0.4, 0.5) is 22.0 Å². The summed E-state index contributed by atoms with van der Waals surface area (Å²) in [5.41, 5.74) is -2.08. The van der Waals surface area contributed by atoms with Crippen LogP contribution in [0.25, 0.3) is 5.69 Å². The quantitative estimate of drug-likeness (QED) is 0.709. The molecule has 0 bridgehead atoms. The zero-order chi connectivity index (χ0) is 12.6. The molecule has 0 spiro atoms. The molecule has 2 nitrogen and oxygen atoms in total. The van der Waals surface area contributed by atoms with E-state index < -0.39 is 29.2 Å². The predicted molar refractivity (Wildman–Crippen MR) is 48.5 cm³/mol. The van der Waals surface area contributed by atoms with Crippen LogP contribution < -0.4 is 0 Å². The minimum atomic E-state index is -4.73. The number of hydrogen-bond donors (Lipinski definition) is 0. The van der Waals surface area contributed by atoms with Crippen LogP contribution in [0.15, 0.2) is 30.5 Å². The van der Waals surface area contributed by atoms with Crippen LogP contribution in [0.2, 0.25) is 0 Å². The first-order valence-electron chi connectivity index (χ1n) is 4.47. The Kier molecular flexibility index (Phi) is 2.60. The molecule has 0 radical (unpaired) electrons. The summed E-state index contributed by atoms with van der Waals surface area (Å²) in [4.78, 5) is 0. The molecule has 0 amide bonds. The van der Waals surface area contributed by atoms with Crippen molar-refractivity contribution in [3.05, 3.63) is 47.8 Å². The molecular formula is C10H5F5N2. The van der Waals surface area contributed by atoms with Crippen LogP contribution >= 0.6 is 0 Å². The van der Waals surface area contributed by atoms with Gasteiger partial charge in [0.05, 0.1) is 6.20 Å². The summed E-state index contributed by atoms with van der Waals surface area (Å²) in [6, 6.07) is 3.43. The van der Waals surface area contributed by atoms with E-state index in [9.17, 15) is 22.0 Å². The van der Waals surface area contributed by atoms with Gasteiger partial charge in [0.1, 0.15) is 11.4 Å². The lowest BCUT2D eigenvalue weighted by atomic mass is 10.3. The first kappa shape index (κ1) is 11.6. The number of benzene rings is 1. The molecule has 7 heteroatoms. The Bertz CT molecular complexity index is 524. The smallest absolute Gasteiger partial charge is 0.223 e. The molecule has 0 aliphatic heterocycles. The molecule has 0 unspecified atom stereocenters. The maximum Gasteiger partial charge on any atom is 0.433 e. The largest absolute Gasteiger partial charge is 0.433 e. The van der Waals surface area contributed by atoms with E-state index in [2.05, 4.69) is 5.10 Å². The van der Waals surface area contributed by atoms with E-state index in [1.165, 1.54) is 0 Å². The van der Waals surface area contributed by atoms with E-state index in [-0.39, 0.29) is 4.68 Å². The molecule has 2 rings (SSSR count). The van der Waals surface area contributed by atoms with Gasteiger partial charge in [-0.2, -0.15) is 18.3 Å². The minimum Gasteiger partial charge on any atom is -0.223 e. The maximum absolute atomic E-state index is 13.3. The van der Waals surface area contributed by atoms with Gasteiger partial charge in [0.25, 0.3) is 0 Å². The number of nitrogens with zero attached hydrogens (tertiary/aromatic N) is 2. The molecule has 0 atom stereocenters. The van der Waals surface area contributed by atoms with Crippen molar-refractivity contribution in [2.24, 2.45) is 0 Å². The van der Waals surface area contributed by atoms with Gasteiger partial charge < -0.3 is 0 Å². The Balaban J connectivity index is 2.66. The summed E-state index contributed by atoms with van der Waals surface area (Å²) in [5.74, 6) is -2.22. The lowest BCUT2D eigenvalue weighted by Gasteiger charge is -2.11. The van der Waals surface area contributed by atoms with Crippen LogP contribution in [0.5, 0.6) is 0 Å². The lowest BCUT2D eigenvalue weighted by Crippen LogP contribution is -2.15. The van der Waals surface area contributed by atoms with Crippen LogP contribution in [0.3, 0.4) is 0 Å². The number of hydrogen-bond acceptors (Lipinski definition) is 1. The van der Waals surface area contributed by atoms with Crippen molar-refractivity contribution < 1.29 is 22.0 Å². The Labute approximate surface area is 92.3 Å². The fourth-order valence-corrected chi connectivity index (χ4v) is 1.39. The second-order valence-electron chi connectivity index (χ2n) is 3.20. The molecular weight excluding hydrogens is 243 g/mol. The van der Waals surface area contributed by atoms with E-state index in [1.54, 1.807) is 0 Å². The molecule has 90 valence electrons. The zero-order valence-electron chi connectivity index (χ0n) is 8.17. The zero-order valence-corrected chi connectivity index (χ0v) is 8.17. The summed E-state index contributed by atoms with van der Waals surface area (Å²) >= 11 is 0. The minimum absolute atomic E-state index is 0.199. The van der Waals surface area contributed by atoms with Gasteiger partial charge in [-0.15, -0.1) is 0 Å². The van der Waals surface area contributed by atoms with Gasteiger partial charge in [0.2, 0.25) is 0 Å². The third-order valence-corrected chi connectivity index (χ3v) is 2.08. The molecule has 0 aliphatic carbocycles. The van der Waals surface area contributed by atoms with Crippen molar-refractivity contribution in [3.8, 4) is 5.69 Å². The van der Waals surface area contributed by atoms with Crippen molar-refractivity contribution in [1.29, 1.82) is 0 Å². The Morgan fingerprint density at radius 1 is 1.00 bits per heavy atom. The van der Waals surface area contributed by atoms with Gasteiger partial charge in [0, 0.05) is 0 Å². The van der Waals surface area contributed by atoms with E-state index in [1.807, 2.05) is 0 Å². The number of rotatable bonds is 1. The Morgan fingerprint density at radius 2 is 1.59 bits per heavy atom. The molecule has 2 aromatic rings. The average molecular weight is 248 g/mol. The monoisotopic (exact) mass is 248 g/mol. The van der Waals surface area contributed by atoms with Gasteiger partial charge >= 0.3 is 6.18 Å². The molecule has 0 fully saturated rings. The van der Waals surface area contributed by atoms with Crippen LogP contribution in [-0.2, 0) is 6.18 Å². The molecule has 1 heterocycles. The molecule has 1 aromatic carbocycles. The standard InChI is InChI=1S/C10H5F5N2/c11-6-2-1-3-7(12)9(6)17-8(4-5-16-17)10(13,14)15/h1-5H. The fourth-order valence-electron chi connectivity index (χ4n) is 1.39. The SMILES string of the molecule is Fc1cccc(F)c1-n1nccc1C(F)(F)F. The molecule has 1 aromatic heterocycles. The highest BCUT2D eigenvalue weighted by molar-refractivity contribution is 5.36. The summed E-state index contributed by atoms with van der Waals surface area (Å²) < 4.78 is 64.4. The van der Waals surface area contributed by atoms with Gasteiger partial charge in [-0.05, 0) is 18.2 Å². The van der Waals surface area contributed by atoms with E-state index >= 15 is 0 Å². The molecule has 0 N–H and O–H groups in total. The average Bonchev–Trinajstić information content (AvgIpc) is 2.65. The van der Waals surface area contributed by atoms with Crippen LogP contribution in [-0.4, -0.2) is 9.78 Å². The highest BCUT2D eigenvalue weighted by Crippen LogP contribution is 2.31. The number of alkyl halides is 3. The van der Waals surface area contributed by atoms with E-state index in [0.29, 0.717) is 6.07 Å². The summed E-state index contributed by atoms with van der Waals surface area (Å²) in [7, 11) is 0. The summed E-state index contributed by atoms with van der Waals surface area (Å²) in [5, 5.41) is 3.29. The topological polar surface area (TPSA) is 17.8 Å². The van der Waals surface area contributed by atoms with Gasteiger partial charge in [0.15, 0.2) is 11.6 Å². The Hall–Kier alpha value is -1.92. The van der Waals surface area contributed by atoms with Crippen molar-refractivity contribution in [2.45, 2.75) is 6.18 Å². The first-order valence-corrected chi connectivity index (χ1v) is 4.47. The fraction of sp³-hybridized carbons (Fsp3) is 0.100. The highest BCUT2D eigenvalue weighted by atomic mass is 19.4. The molecule has 0 saturated carbocycles. The Morgan fingerprint density at radius 3 is 2.12 bits per heavy atom. The number of halogens is 5. The van der Waals surface area contributed by atoms with Crippen molar-refractivity contribution >= 4 is 0 Å². The number of para-hydroxylation sites is 1. The van der Waals surface area contributed by atoms with E-state index in [4.69, 9.17) is 0 Å². The third-order valence-electron chi connectivity index (χ3n) is 2.08. The molecule has 0 saturated heterocycles. The van der Waals surface area contributed by atoms with Gasteiger partial charge in [-0.3, -0.25) is 0 Å². The van der Waals surface area contributed by atoms with E-state index in [0.717, 1.165) is 24.4 Å². The third kappa shape index (κ3) is 2.00. The lowest BCUT2D eigenvalue weighted by molar-refractivity contribution is -0.142. The van der Waals surface area contributed by atoms with Gasteiger partial charge in [-0.1, -0.05) is 6.07 Å². The second kappa shape index (κ2) is 3.83.